The fourth-order valence-electron chi connectivity index (χ4n) is 4.24. The monoisotopic (exact) mass is 374 g/mol. The van der Waals surface area contributed by atoms with Crippen LogP contribution in [0.2, 0.25) is 0 Å². The summed E-state index contributed by atoms with van der Waals surface area (Å²) in [5.74, 6) is -0.663. The van der Waals surface area contributed by atoms with Crippen LogP contribution in [-0.4, -0.2) is 15.3 Å². The minimum Gasteiger partial charge on any atom is -0.504 e. The van der Waals surface area contributed by atoms with Gasteiger partial charge in [0.25, 0.3) is 0 Å². The van der Waals surface area contributed by atoms with Crippen molar-refractivity contribution in [3.8, 4) is 17.2 Å². The fourth-order valence-corrected chi connectivity index (χ4v) is 4.24. The zero-order valence-corrected chi connectivity index (χ0v) is 17.3. The molecular weight excluding hydrogens is 336 g/mol. The van der Waals surface area contributed by atoms with Crippen molar-refractivity contribution in [2.75, 3.05) is 0 Å². The predicted molar refractivity (Wildman–Crippen MR) is 110 cm³/mol. The first-order valence-electron chi connectivity index (χ1n) is 11.1. The summed E-state index contributed by atoms with van der Waals surface area (Å²) in [6, 6.07) is 1.66. The van der Waals surface area contributed by atoms with Gasteiger partial charge in [-0.2, -0.15) is 0 Å². The molecule has 0 aliphatic heterocycles. The third-order valence-electron chi connectivity index (χ3n) is 7.09. The van der Waals surface area contributed by atoms with Gasteiger partial charge in [0.15, 0.2) is 11.5 Å². The van der Waals surface area contributed by atoms with E-state index in [9.17, 15) is 15.3 Å². The molecule has 3 rings (SSSR count). The molecule has 0 bridgehead atoms. The minimum atomic E-state index is -0.360. The van der Waals surface area contributed by atoms with E-state index in [0.29, 0.717) is 10.8 Å². The van der Waals surface area contributed by atoms with E-state index in [1.54, 1.807) is 6.07 Å². The number of phenolic OH excluding ortho intramolecular Hbond substituents is 3. The lowest BCUT2D eigenvalue weighted by molar-refractivity contribution is 0.363. The number of hydrogen-bond acceptors (Lipinski definition) is 3. The normalized spacial score (nSPS) is 19.2. The van der Waals surface area contributed by atoms with Crippen molar-refractivity contribution < 1.29 is 15.3 Å². The Labute approximate surface area is 164 Å². The van der Waals surface area contributed by atoms with Crippen LogP contribution < -0.4 is 0 Å². The van der Waals surface area contributed by atoms with Crippen LogP contribution in [-0.2, 0) is 12.8 Å². The Morgan fingerprint density at radius 2 is 1.22 bits per heavy atom. The zero-order chi connectivity index (χ0) is 19.5. The van der Waals surface area contributed by atoms with Crippen molar-refractivity contribution in [2.45, 2.75) is 104 Å². The van der Waals surface area contributed by atoms with E-state index in [1.165, 1.54) is 57.8 Å². The van der Waals surface area contributed by atoms with Gasteiger partial charge in [0.05, 0.1) is 0 Å². The van der Waals surface area contributed by atoms with Crippen LogP contribution in [0, 0.1) is 10.8 Å². The van der Waals surface area contributed by atoms with Crippen molar-refractivity contribution >= 4 is 0 Å². The van der Waals surface area contributed by atoms with E-state index < -0.39 is 0 Å². The van der Waals surface area contributed by atoms with Crippen LogP contribution in [0.15, 0.2) is 6.07 Å². The summed E-state index contributed by atoms with van der Waals surface area (Å²) in [5, 5.41) is 30.2. The number of benzene rings is 1. The molecule has 0 atom stereocenters. The van der Waals surface area contributed by atoms with Crippen LogP contribution in [0.1, 0.15) is 102 Å². The molecule has 0 radical (unpaired) electrons. The highest BCUT2D eigenvalue weighted by Gasteiger charge is 2.36. The predicted octanol–water partition coefficient (Wildman–Crippen LogP) is 6.61. The molecule has 152 valence electrons. The quantitative estimate of drug-likeness (QED) is 0.285. The van der Waals surface area contributed by atoms with E-state index in [2.05, 4.69) is 13.8 Å². The fraction of sp³-hybridized carbons (Fsp3) is 0.750. The first kappa shape index (κ1) is 20.4. The average Bonchev–Trinajstić information content (AvgIpc) is 3.54. The van der Waals surface area contributed by atoms with Gasteiger partial charge in [-0.1, -0.05) is 39.5 Å². The third kappa shape index (κ3) is 5.80. The van der Waals surface area contributed by atoms with Crippen molar-refractivity contribution in [1.29, 1.82) is 0 Å². The van der Waals surface area contributed by atoms with Crippen LogP contribution in [0.4, 0.5) is 0 Å². The summed E-state index contributed by atoms with van der Waals surface area (Å²) in [4.78, 5) is 0. The lowest BCUT2D eigenvalue weighted by Gasteiger charge is -2.15. The zero-order valence-electron chi connectivity index (χ0n) is 17.3. The smallest absolute Gasteiger partial charge is 0.200 e. The first-order chi connectivity index (χ1) is 12.8. The molecule has 0 heterocycles. The lowest BCUT2D eigenvalue weighted by atomic mass is 9.93. The second kappa shape index (κ2) is 8.32. The topological polar surface area (TPSA) is 60.7 Å². The van der Waals surface area contributed by atoms with Gasteiger partial charge < -0.3 is 15.3 Å². The molecular formula is C24H38O3. The first-order valence-corrected chi connectivity index (χ1v) is 11.1. The summed E-state index contributed by atoms with van der Waals surface area (Å²) < 4.78 is 0. The second-order valence-electron chi connectivity index (χ2n) is 9.97. The van der Waals surface area contributed by atoms with Gasteiger partial charge in [-0.25, -0.2) is 0 Å². The molecule has 0 spiro atoms. The molecule has 3 N–H and O–H groups in total. The van der Waals surface area contributed by atoms with Gasteiger partial charge in [-0.05, 0) is 86.7 Å². The molecule has 3 heteroatoms. The van der Waals surface area contributed by atoms with E-state index >= 15 is 0 Å². The van der Waals surface area contributed by atoms with Gasteiger partial charge in [0, 0.05) is 5.56 Å². The Kier molecular flexibility index (Phi) is 6.28. The highest BCUT2D eigenvalue weighted by atomic mass is 16.3. The molecule has 3 nitrogen and oxygen atoms in total. The number of rotatable bonds is 12. The molecule has 2 fully saturated rings. The van der Waals surface area contributed by atoms with Crippen LogP contribution in [0.25, 0.3) is 0 Å². The largest absolute Gasteiger partial charge is 0.504 e. The third-order valence-corrected chi connectivity index (χ3v) is 7.09. The van der Waals surface area contributed by atoms with Crippen molar-refractivity contribution in [3.05, 3.63) is 17.2 Å². The highest BCUT2D eigenvalue weighted by molar-refractivity contribution is 5.57. The van der Waals surface area contributed by atoms with Gasteiger partial charge >= 0.3 is 0 Å². The summed E-state index contributed by atoms with van der Waals surface area (Å²) in [6.45, 7) is 4.75. The maximum absolute atomic E-state index is 10.4. The molecule has 0 unspecified atom stereocenters. The van der Waals surface area contributed by atoms with E-state index in [4.69, 9.17) is 0 Å². The number of unbranched alkanes of at least 4 members (excludes halogenated alkanes) is 4. The Morgan fingerprint density at radius 1 is 0.704 bits per heavy atom. The molecule has 2 aliphatic carbocycles. The van der Waals surface area contributed by atoms with Crippen molar-refractivity contribution in [2.24, 2.45) is 10.8 Å². The Hall–Kier alpha value is -1.38. The lowest BCUT2D eigenvalue weighted by Crippen LogP contribution is -1.99. The second-order valence-corrected chi connectivity index (χ2v) is 9.97. The van der Waals surface area contributed by atoms with E-state index in [1.807, 2.05) is 0 Å². The summed E-state index contributed by atoms with van der Waals surface area (Å²) in [5.41, 5.74) is 3.09. The van der Waals surface area contributed by atoms with Gasteiger partial charge in [-0.3, -0.25) is 0 Å². The van der Waals surface area contributed by atoms with E-state index in [-0.39, 0.29) is 17.2 Å². The van der Waals surface area contributed by atoms with Crippen LogP contribution in [0.5, 0.6) is 17.2 Å². The van der Waals surface area contributed by atoms with Crippen molar-refractivity contribution in [1.82, 2.24) is 0 Å². The SMILES string of the molecule is CC1(CCCCCc2cc(O)c(O)c(O)c2CCCCCC2(C)CC2)CC1. The molecule has 0 aromatic heterocycles. The number of phenols is 3. The molecule has 1 aromatic rings. The van der Waals surface area contributed by atoms with Gasteiger partial charge in [0.1, 0.15) is 0 Å². The summed E-state index contributed by atoms with van der Waals surface area (Å²) in [7, 11) is 0. The average molecular weight is 375 g/mol. The summed E-state index contributed by atoms with van der Waals surface area (Å²) in [6.07, 6.45) is 16.8. The van der Waals surface area contributed by atoms with Crippen LogP contribution in [0.3, 0.4) is 0 Å². The van der Waals surface area contributed by atoms with Gasteiger partial charge in [0.2, 0.25) is 5.75 Å². The molecule has 27 heavy (non-hydrogen) atoms. The Bertz CT molecular complexity index is 642. The van der Waals surface area contributed by atoms with Gasteiger partial charge in [-0.15, -0.1) is 0 Å². The molecule has 1 aromatic carbocycles. The van der Waals surface area contributed by atoms with Crippen molar-refractivity contribution in [3.63, 3.8) is 0 Å². The Balaban J connectivity index is 1.48. The maximum atomic E-state index is 10.4. The molecule has 0 saturated heterocycles. The number of aryl methyl sites for hydroxylation is 1. The summed E-state index contributed by atoms with van der Waals surface area (Å²) >= 11 is 0. The Morgan fingerprint density at radius 3 is 1.74 bits per heavy atom. The maximum Gasteiger partial charge on any atom is 0.200 e. The number of hydrogen-bond donors (Lipinski definition) is 3. The minimum absolute atomic E-state index is 0.107. The van der Waals surface area contributed by atoms with E-state index in [0.717, 1.165) is 43.2 Å². The standard InChI is InChI=1S/C24H38O3/c1-23(13-14-23)11-7-3-5-9-18-17-20(25)22(27)21(26)19(18)10-6-4-8-12-24(2)15-16-24/h17,25-27H,3-16H2,1-2H3. The molecule has 0 amide bonds. The van der Waals surface area contributed by atoms with Crippen LogP contribution >= 0.6 is 0 Å². The molecule has 2 saturated carbocycles. The number of aromatic hydroxyl groups is 3. The highest BCUT2D eigenvalue weighted by Crippen LogP contribution is 2.50. The molecule has 2 aliphatic rings.